The molecule has 2 nitrogen and oxygen atoms in total. The number of benzene rings is 1. The maximum absolute atomic E-state index is 6.28. The highest BCUT2D eigenvalue weighted by Crippen LogP contribution is 2.30. The van der Waals surface area contributed by atoms with Crippen LogP contribution in [0.3, 0.4) is 0 Å². The molecule has 106 valence electrons. The molecule has 1 unspecified atom stereocenters. The number of hydrogen-bond donors (Lipinski definition) is 0. The normalized spacial score (nSPS) is 19.9. The standard InChI is InChI=1S/C15H22BrClN2/c1-3-19-9-5-6-12(19)11-18(2)15-8-4-7-14(17)13(15)10-16/h4,7-8,12H,3,5-6,9-11H2,1-2H3. The van der Waals surface area contributed by atoms with Gasteiger partial charge in [-0.15, -0.1) is 0 Å². The van der Waals surface area contributed by atoms with Gasteiger partial charge in [0, 0.05) is 41.2 Å². The zero-order valence-electron chi connectivity index (χ0n) is 11.7. The lowest BCUT2D eigenvalue weighted by Gasteiger charge is -2.30. The van der Waals surface area contributed by atoms with E-state index in [1.54, 1.807) is 0 Å². The van der Waals surface area contributed by atoms with Gasteiger partial charge >= 0.3 is 0 Å². The van der Waals surface area contributed by atoms with Crippen LogP contribution in [0.5, 0.6) is 0 Å². The van der Waals surface area contributed by atoms with Gasteiger partial charge in [0.15, 0.2) is 0 Å². The molecule has 1 saturated heterocycles. The fourth-order valence-corrected chi connectivity index (χ4v) is 3.96. The van der Waals surface area contributed by atoms with E-state index in [0.717, 1.165) is 23.4 Å². The van der Waals surface area contributed by atoms with E-state index in [2.05, 4.69) is 45.8 Å². The van der Waals surface area contributed by atoms with Crippen LogP contribution in [0.2, 0.25) is 5.02 Å². The maximum Gasteiger partial charge on any atom is 0.0467 e. The van der Waals surface area contributed by atoms with Crippen molar-refractivity contribution in [1.29, 1.82) is 0 Å². The van der Waals surface area contributed by atoms with Crippen molar-refractivity contribution < 1.29 is 0 Å². The first-order valence-electron chi connectivity index (χ1n) is 6.96. The van der Waals surface area contributed by atoms with Crippen molar-refractivity contribution in [3.63, 3.8) is 0 Å². The van der Waals surface area contributed by atoms with Gasteiger partial charge in [0.2, 0.25) is 0 Å². The number of hydrogen-bond acceptors (Lipinski definition) is 2. The summed E-state index contributed by atoms with van der Waals surface area (Å²) in [6.45, 7) is 5.73. The summed E-state index contributed by atoms with van der Waals surface area (Å²) in [5.41, 5.74) is 2.43. The van der Waals surface area contributed by atoms with Crippen molar-refractivity contribution in [2.24, 2.45) is 0 Å². The van der Waals surface area contributed by atoms with Crippen LogP contribution in [-0.2, 0) is 5.33 Å². The minimum atomic E-state index is 0.678. The molecule has 0 radical (unpaired) electrons. The smallest absolute Gasteiger partial charge is 0.0467 e. The van der Waals surface area contributed by atoms with Crippen molar-refractivity contribution >= 4 is 33.2 Å². The van der Waals surface area contributed by atoms with Gasteiger partial charge in [-0.05, 0) is 38.1 Å². The molecular weight excluding hydrogens is 324 g/mol. The van der Waals surface area contributed by atoms with Crippen LogP contribution < -0.4 is 4.90 Å². The van der Waals surface area contributed by atoms with Crippen molar-refractivity contribution in [3.05, 3.63) is 28.8 Å². The van der Waals surface area contributed by atoms with Crippen molar-refractivity contribution in [1.82, 2.24) is 4.90 Å². The Morgan fingerprint density at radius 1 is 1.47 bits per heavy atom. The van der Waals surface area contributed by atoms with E-state index >= 15 is 0 Å². The van der Waals surface area contributed by atoms with E-state index in [4.69, 9.17) is 11.6 Å². The molecule has 1 atom stereocenters. The Labute approximate surface area is 129 Å². The maximum atomic E-state index is 6.28. The van der Waals surface area contributed by atoms with Crippen LogP contribution in [0.25, 0.3) is 0 Å². The fraction of sp³-hybridized carbons (Fsp3) is 0.600. The van der Waals surface area contributed by atoms with E-state index in [0.29, 0.717) is 6.04 Å². The minimum absolute atomic E-state index is 0.678. The Bertz CT molecular complexity index is 425. The molecule has 2 rings (SSSR count). The van der Waals surface area contributed by atoms with E-state index in [-0.39, 0.29) is 0 Å². The third-order valence-corrected chi connectivity index (χ3v) is 4.94. The summed E-state index contributed by atoms with van der Waals surface area (Å²) < 4.78 is 0. The summed E-state index contributed by atoms with van der Waals surface area (Å²) in [4.78, 5) is 4.93. The van der Waals surface area contributed by atoms with E-state index in [9.17, 15) is 0 Å². The lowest BCUT2D eigenvalue weighted by Crippen LogP contribution is -2.39. The molecule has 1 aromatic carbocycles. The number of halogens is 2. The van der Waals surface area contributed by atoms with Crippen LogP contribution in [0.15, 0.2) is 18.2 Å². The predicted molar refractivity (Wildman–Crippen MR) is 87.6 cm³/mol. The molecule has 4 heteroatoms. The van der Waals surface area contributed by atoms with Crippen LogP contribution >= 0.6 is 27.5 Å². The average molecular weight is 346 g/mol. The first-order valence-corrected chi connectivity index (χ1v) is 8.45. The molecule has 0 aromatic heterocycles. The molecule has 1 aliphatic heterocycles. The summed E-state index contributed by atoms with van der Waals surface area (Å²) in [6, 6.07) is 6.83. The molecule has 0 saturated carbocycles. The first-order chi connectivity index (χ1) is 9.17. The van der Waals surface area contributed by atoms with Gasteiger partial charge < -0.3 is 4.90 Å². The molecule has 0 N–H and O–H groups in total. The van der Waals surface area contributed by atoms with Gasteiger partial charge in [-0.3, -0.25) is 4.90 Å². The van der Waals surface area contributed by atoms with Gasteiger partial charge in [-0.2, -0.15) is 0 Å². The van der Waals surface area contributed by atoms with Crippen molar-refractivity contribution in [2.45, 2.75) is 31.1 Å². The molecule has 0 aliphatic carbocycles. The fourth-order valence-electron chi connectivity index (χ4n) is 2.97. The van der Waals surface area contributed by atoms with Crippen molar-refractivity contribution in [2.75, 3.05) is 31.6 Å². The zero-order valence-corrected chi connectivity index (χ0v) is 14.0. The van der Waals surface area contributed by atoms with Crippen LogP contribution in [0.1, 0.15) is 25.3 Å². The van der Waals surface area contributed by atoms with E-state index in [1.165, 1.54) is 30.6 Å². The second-order valence-corrected chi connectivity index (χ2v) is 6.14. The second-order valence-electron chi connectivity index (χ2n) is 5.18. The third-order valence-electron chi connectivity index (χ3n) is 4.03. The van der Waals surface area contributed by atoms with Crippen LogP contribution in [0.4, 0.5) is 5.69 Å². The SMILES string of the molecule is CCN1CCCC1CN(C)c1cccc(Cl)c1CBr. The summed E-state index contributed by atoms with van der Waals surface area (Å²) in [6.07, 6.45) is 2.63. The van der Waals surface area contributed by atoms with E-state index < -0.39 is 0 Å². The summed E-state index contributed by atoms with van der Waals surface area (Å²) in [5.74, 6) is 0. The average Bonchev–Trinajstić information content (AvgIpc) is 2.85. The number of alkyl halides is 1. The first kappa shape index (κ1) is 15.1. The van der Waals surface area contributed by atoms with Crippen LogP contribution in [-0.4, -0.2) is 37.6 Å². The van der Waals surface area contributed by atoms with Gasteiger partial charge in [0.05, 0.1) is 0 Å². The summed E-state index contributed by atoms with van der Waals surface area (Å²) >= 11 is 9.82. The Morgan fingerprint density at radius 2 is 2.26 bits per heavy atom. The molecule has 0 spiro atoms. The molecular formula is C15H22BrClN2. The molecule has 0 amide bonds. The third kappa shape index (κ3) is 3.45. The number of likely N-dealkylation sites (tertiary alicyclic amines) is 1. The predicted octanol–water partition coefficient (Wildman–Crippen LogP) is 4.16. The zero-order chi connectivity index (χ0) is 13.8. The highest BCUT2D eigenvalue weighted by molar-refractivity contribution is 9.08. The molecule has 0 bridgehead atoms. The van der Waals surface area contributed by atoms with Gasteiger partial charge in [-0.25, -0.2) is 0 Å². The van der Waals surface area contributed by atoms with Crippen molar-refractivity contribution in [3.8, 4) is 0 Å². The molecule has 1 aromatic rings. The van der Waals surface area contributed by atoms with Gasteiger partial charge in [-0.1, -0.05) is 40.5 Å². The second kappa shape index (κ2) is 6.96. The quantitative estimate of drug-likeness (QED) is 0.740. The lowest BCUT2D eigenvalue weighted by molar-refractivity contribution is 0.270. The Balaban J connectivity index is 2.11. The monoisotopic (exact) mass is 344 g/mol. The molecule has 1 aliphatic rings. The van der Waals surface area contributed by atoms with E-state index in [1.807, 2.05) is 12.1 Å². The highest BCUT2D eigenvalue weighted by atomic mass is 79.9. The number of nitrogens with zero attached hydrogens (tertiary/aromatic N) is 2. The summed E-state index contributed by atoms with van der Waals surface area (Å²) in [7, 11) is 2.17. The Morgan fingerprint density at radius 3 is 2.95 bits per heavy atom. The topological polar surface area (TPSA) is 6.48 Å². The van der Waals surface area contributed by atoms with Gasteiger partial charge in [0.1, 0.15) is 0 Å². The number of likely N-dealkylation sites (N-methyl/N-ethyl adjacent to an activating group) is 2. The summed E-state index contributed by atoms with van der Waals surface area (Å²) in [5, 5.41) is 1.65. The Hall–Kier alpha value is -0.250. The van der Waals surface area contributed by atoms with Crippen LogP contribution in [0, 0.1) is 0 Å². The van der Waals surface area contributed by atoms with Gasteiger partial charge in [0.25, 0.3) is 0 Å². The minimum Gasteiger partial charge on any atom is -0.373 e. The highest BCUT2D eigenvalue weighted by Gasteiger charge is 2.24. The Kier molecular flexibility index (Phi) is 5.55. The number of rotatable bonds is 5. The molecule has 1 heterocycles. The largest absolute Gasteiger partial charge is 0.373 e. The molecule has 1 fully saturated rings. The number of anilines is 1. The molecule has 19 heavy (non-hydrogen) atoms. The lowest BCUT2D eigenvalue weighted by atomic mass is 10.1.